The summed E-state index contributed by atoms with van der Waals surface area (Å²) in [6.45, 7) is 6.86. The Kier molecular flexibility index (Phi) is 7.10. The average Bonchev–Trinajstić information content (AvgIpc) is 2.84. The number of carbonyl (C=O) groups is 2. The Bertz CT molecular complexity index is 555. The van der Waals surface area contributed by atoms with Crippen LogP contribution in [-0.4, -0.2) is 47.8 Å². The van der Waals surface area contributed by atoms with Gasteiger partial charge in [0.15, 0.2) is 0 Å². The van der Waals surface area contributed by atoms with E-state index >= 15 is 0 Å². The molecule has 4 nitrogen and oxygen atoms in total. The van der Waals surface area contributed by atoms with E-state index in [2.05, 4.69) is 13.8 Å². The van der Waals surface area contributed by atoms with Crippen molar-refractivity contribution in [3.8, 4) is 0 Å². The van der Waals surface area contributed by atoms with Crippen molar-refractivity contribution in [1.82, 2.24) is 9.80 Å². The predicted molar refractivity (Wildman–Crippen MR) is 97.0 cm³/mol. The second-order valence-electron chi connectivity index (χ2n) is 6.38. The molecule has 1 aliphatic heterocycles. The normalized spacial score (nSPS) is 15.5. The topological polar surface area (TPSA) is 40.6 Å². The van der Waals surface area contributed by atoms with Crippen molar-refractivity contribution < 1.29 is 9.59 Å². The summed E-state index contributed by atoms with van der Waals surface area (Å²) in [7, 11) is 0. The number of hydrogen-bond acceptors (Lipinski definition) is 2. The van der Waals surface area contributed by atoms with Gasteiger partial charge in [-0.15, -0.1) is 0 Å². The number of nitrogens with zero attached hydrogens (tertiary/aromatic N) is 2. The lowest BCUT2D eigenvalue weighted by Gasteiger charge is -2.25. The minimum absolute atomic E-state index is 0.112. The Hall–Kier alpha value is -1.55. The lowest BCUT2D eigenvalue weighted by Crippen LogP contribution is -2.40. The average molecular weight is 351 g/mol. The molecule has 0 radical (unpaired) electrons. The molecular weight excluding hydrogens is 324 g/mol. The Morgan fingerprint density at radius 2 is 1.58 bits per heavy atom. The third kappa shape index (κ3) is 4.97. The highest BCUT2D eigenvalue weighted by Crippen LogP contribution is 2.15. The molecule has 1 aromatic carbocycles. The molecule has 24 heavy (non-hydrogen) atoms. The number of carbonyl (C=O) groups excluding carboxylic acids is 2. The molecule has 0 spiro atoms. The lowest BCUT2D eigenvalue weighted by molar-refractivity contribution is -0.136. The maximum absolute atomic E-state index is 12.5. The molecule has 0 saturated carbocycles. The molecule has 1 saturated heterocycles. The number of hydrogen-bond donors (Lipinski definition) is 0. The van der Waals surface area contributed by atoms with Crippen LogP contribution >= 0.6 is 11.6 Å². The zero-order chi connectivity index (χ0) is 17.5. The molecule has 2 rings (SSSR count). The Labute approximate surface area is 149 Å². The summed E-state index contributed by atoms with van der Waals surface area (Å²) >= 11 is 5.88. The van der Waals surface area contributed by atoms with Gasteiger partial charge in [-0.3, -0.25) is 9.59 Å². The van der Waals surface area contributed by atoms with E-state index in [4.69, 9.17) is 11.6 Å². The smallest absolute Gasteiger partial charge is 0.227 e. The minimum atomic E-state index is 0.112. The maximum atomic E-state index is 12.5. The van der Waals surface area contributed by atoms with Crippen LogP contribution in [0.25, 0.3) is 0 Å². The monoisotopic (exact) mass is 350 g/mol. The largest absolute Gasteiger partial charge is 0.341 e. The summed E-state index contributed by atoms with van der Waals surface area (Å²) in [6.07, 6.45) is 2.99. The van der Waals surface area contributed by atoms with E-state index in [0.717, 1.165) is 37.9 Å². The first-order valence-corrected chi connectivity index (χ1v) is 9.24. The Morgan fingerprint density at radius 3 is 2.21 bits per heavy atom. The SMILES string of the molecule is CCC(CC)C(=O)N1CCCN(C(=O)Cc2ccc(Cl)cc2)CC1. The van der Waals surface area contributed by atoms with Crippen LogP contribution in [0.5, 0.6) is 0 Å². The highest BCUT2D eigenvalue weighted by molar-refractivity contribution is 6.30. The first-order chi connectivity index (χ1) is 11.5. The van der Waals surface area contributed by atoms with Gasteiger partial charge in [0.2, 0.25) is 11.8 Å². The number of rotatable bonds is 5. The van der Waals surface area contributed by atoms with Crippen LogP contribution in [0.4, 0.5) is 0 Å². The summed E-state index contributed by atoms with van der Waals surface area (Å²) in [5.74, 6) is 0.475. The first kappa shape index (κ1) is 18.8. The number of amides is 2. The van der Waals surface area contributed by atoms with Gasteiger partial charge >= 0.3 is 0 Å². The fraction of sp³-hybridized carbons (Fsp3) is 0.579. The van der Waals surface area contributed by atoms with Crippen molar-refractivity contribution in [2.24, 2.45) is 5.92 Å². The van der Waals surface area contributed by atoms with Gasteiger partial charge < -0.3 is 9.80 Å². The summed E-state index contributed by atoms with van der Waals surface area (Å²) in [4.78, 5) is 28.9. The zero-order valence-electron chi connectivity index (χ0n) is 14.6. The van der Waals surface area contributed by atoms with Gasteiger partial charge in [-0.2, -0.15) is 0 Å². The molecular formula is C19H27ClN2O2. The van der Waals surface area contributed by atoms with Crippen molar-refractivity contribution in [2.45, 2.75) is 39.5 Å². The second kappa shape index (κ2) is 9.07. The molecule has 132 valence electrons. The molecule has 0 atom stereocenters. The molecule has 0 N–H and O–H groups in total. The summed E-state index contributed by atoms with van der Waals surface area (Å²) < 4.78 is 0. The summed E-state index contributed by atoms with van der Waals surface area (Å²) in [5, 5.41) is 0.677. The highest BCUT2D eigenvalue weighted by atomic mass is 35.5. The van der Waals surface area contributed by atoms with Gasteiger partial charge in [0.05, 0.1) is 6.42 Å². The van der Waals surface area contributed by atoms with Crippen molar-refractivity contribution in [2.75, 3.05) is 26.2 Å². The van der Waals surface area contributed by atoms with Crippen LogP contribution < -0.4 is 0 Å². The first-order valence-electron chi connectivity index (χ1n) is 8.86. The Morgan fingerprint density at radius 1 is 1.00 bits per heavy atom. The summed E-state index contributed by atoms with van der Waals surface area (Å²) in [6, 6.07) is 7.40. The van der Waals surface area contributed by atoms with Gasteiger partial charge in [-0.1, -0.05) is 37.6 Å². The molecule has 1 heterocycles. The van der Waals surface area contributed by atoms with Crippen LogP contribution in [0.15, 0.2) is 24.3 Å². The number of halogens is 1. The second-order valence-corrected chi connectivity index (χ2v) is 6.81. The predicted octanol–water partition coefficient (Wildman–Crippen LogP) is 3.38. The maximum Gasteiger partial charge on any atom is 0.227 e. The highest BCUT2D eigenvalue weighted by Gasteiger charge is 2.25. The van der Waals surface area contributed by atoms with Crippen LogP contribution in [0.2, 0.25) is 5.02 Å². The van der Waals surface area contributed by atoms with Crippen molar-refractivity contribution in [3.63, 3.8) is 0 Å². The van der Waals surface area contributed by atoms with E-state index in [1.54, 1.807) is 0 Å². The molecule has 0 aliphatic carbocycles. The van der Waals surface area contributed by atoms with Gasteiger partial charge in [0.1, 0.15) is 0 Å². The van der Waals surface area contributed by atoms with E-state index in [0.29, 0.717) is 24.5 Å². The van der Waals surface area contributed by atoms with E-state index < -0.39 is 0 Å². The third-order valence-corrected chi connectivity index (χ3v) is 5.02. The quantitative estimate of drug-likeness (QED) is 0.816. The van der Waals surface area contributed by atoms with Gasteiger partial charge in [-0.05, 0) is 37.0 Å². The fourth-order valence-electron chi connectivity index (χ4n) is 3.17. The molecule has 5 heteroatoms. The van der Waals surface area contributed by atoms with Crippen LogP contribution in [0.3, 0.4) is 0 Å². The molecule has 0 aromatic heterocycles. The fourth-order valence-corrected chi connectivity index (χ4v) is 3.30. The number of benzene rings is 1. The van der Waals surface area contributed by atoms with Crippen LogP contribution in [0, 0.1) is 5.92 Å². The van der Waals surface area contributed by atoms with E-state index in [1.165, 1.54) is 0 Å². The van der Waals surface area contributed by atoms with E-state index in [1.807, 2.05) is 34.1 Å². The standard InChI is InChI=1S/C19H27ClN2O2/c1-3-16(4-2)19(24)22-11-5-10-21(12-13-22)18(23)14-15-6-8-17(20)9-7-15/h6-9,16H,3-5,10-14H2,1-2H3. The molecule has 0 bridgehead atoms. The molecule has 2 amide bonds. The van der Waals surface area contributed by atoms with Gasteiger partial charge in [0.25, 0.3) is 0 Å². The van der Waals surface area contributed by atoms with E-state index in [9.17, 15) is 9.59 Å². The zero-order valence-corrected chi connectivity index (χ0v) is 15.4. The third-order valence-electron chi connectivity index (χ3n) is 4.76. The van der Waals surface area contributed by atoms with Crippen LogP contribution in [-0.2, 0) is 16.0 Å². The molecule has 0 unspecified atom stereocenters. The molecule has 1 fully saturated rings. The van der Waals surface area contributed by atoms with Crippen molar-refractivity contribution in [3.05, 3.63) is 34.9 Å². The minimum Gasteiger partial charge on any atom is -0.341 e. The van der Waals surface area contributed by atoms with E-state index in [-0.39, 0.29) is 17.7 Å². The summed E-state index contributed by atoms with van der Waals surface area (Å²) in [5.41, 5.74) is 0.971. The molecule has 1 aromatic rings. The van der Waals surface area contributed by atoms with Crippen molar-refractivity contribution in [1.29, 1.82) is 0 Å². The van der Waals surface area contributed by atoms with Gasteiger partial charge in [0, 0.05) is 37.1 Å². The van der Waals surface area contributed by atoms with Crippen molar-refractivity contribution >= 4 is 23.4 Å². The Balaban J connectivity index is 1.91. The van der Waals surface area contributed by atoms with Crippen LogP contribution in [0.1, 0.15) is 38.7 Å². The molecule has 1 aliphatic rings. The van der Waals surface area contributed by atoms with Gasteiger partial charge in [-0.25, -0.2) is 0 Å². The lowest BCUT2D eigenvalue weighted by atomic mass is 10.0.